The molecule has 0 spiro atoms. The minimum atomic E-state index is -0.219. The van der Waals surface area contributed by atoms with Gasteiger partial charge in [-0.25, -0.2) is 9.07 Å². The van der Waals surface area contributed by atoms with Crippen LogP contribution in [-0.4, -0.2) is 27.3 Å². The van der Waals surface area contributed by atoms with Crippen LogP contribution >= 0.6 is 0 Å². The van der Waals surface area contributed by atoms with E-state index < -0.39 is 0 Å². The largest absolute Gasteiger partial charge is 0.311 e. The lowest BCUT2D eigenvalue weighted by Crippen LogP contribution is -2.21. The Balaban J connectivity index is 2.13. The summed E-state index contributed by atoms with van der Waals surface area (Å²) in [7, 11) is 1.87. The molecule has 2 atom stereocenters. The highest BCUT2D eigenvalue weighted by molar-refractivity contribution is 5.16. The Morgan fingerprint density at radius 1 is 1.26 bits per heavy atom. The number of benzene rings is 1. The average molecular weight is 263 g/mol. The molecule has 0 radical (unpaired) electrons. The SMILES string of the molecule is CNC(C)c1nnnn1C(C)Cc1ccc(F)cc1. The molecule has 0 bridgehead atoms. The van der Waals surface area contributed by atoms with Crippen LogP contribution in [0.25, 0.3) is 0 Å². The number of aromatic nitrogens is 4. The predicted octanol–water partition coefficient (Wildman–Crippen LogP) is 1.90. The van der Waals surface area contributed by atoms with Gasteiger partial charge >= 0.3 is 0 Å². The van der Waals surface area contributed by atoms with Gasteiger partial charge in [0.1, 0.15) is 5.82 Å². The number of nitrogens with zero attached hydrogens (tertiary/aromatic N) is 4. The zero-order chi connectivity index (χ0) is 13.8. The van der Waals surface area contributed by atoms with E-state index in [2.05, 4.69) is 20.8 Å². The molecule has 0 aliphatic carbocycles. The zero-order valence-electron chi connectivity index (χ0n) is 11.3. The minimum absolute atomic E-state index is 0.0886. The van der Waals surface area contributed by atoms with Crippen LogP contribution < -0.4 is 5.32 Å². The Hall–Kier alpha value is -1.82. The fourth-order valence-corrected chi connectivity index (χ4v) is 1.98. The van der Waals surface area contributed by atoms with Crippen molar-refractivity contribution in [3.8, 4) is 0 Å². The minimum Gasteiger partial charge on any atom is -0.311 e. The summed E-state index contributed by atoms with van der Waals surface area (Å²) in [4.78, 5) is 0. The topological polar surface area (TPSA) is 55.6 Å². The van der Waals surface area contributed by atoms with Gasteiger partial charge in [0.15, 0.2) is 5.82 Å². The molecule has 0 fully saturated rings. The second-order valence-electron chi connectivity index (χ2n) is 4.67. The monoisotopic (exact) mass is 263 g/mol. The molecule has 5 nitrogen and oxygen atoms in total. The van der Waals surface area contributed by atoms with E-state index in [0.29, 0.717) is 0 Å². The number of rotatable bonds is 5. The molecular formula is C13H18FN5. The number of nitrogens with one attached hydrogen (secondary N) is 1. The second kappa shape index (κ2) is 5.88. The second-order valence-corrected chi connectivity index (χ2v) is 4.67. The van der Waals surface area contributed by atoms with E-state index in [1.165, 1.54) is 12.1 Å². The Bertz CT molecular complexity index is 522. The van der Waals surface area contributed by atoms with Gasteiger partial charge in [-0.2, -0.15) is 0 Å². The fraction of sp³-hybridized carbons (Fsp3) is 0.462. The standard InChI is InChI=1S/C13H18FN5/c1-9(8-11-4-6-12(14)7-5-11)19-13(10(2)15-3)16-17-18-19/h4-7,9-10,15H,8H2,1-3H3. The Labute approximate surface area is 111 Å². The van der Waals surface area contributed by atoms with E-state index in [0.717, 1.165) is 17.8 Å². The smallest absolute Gasteiger partial charge is 0.168 e. The molecular weight excluding hydrogens is 245 g/mol. The normalized spacial score (nSPS) is 14.3. The third kappa shape index (κ3) is 3.14. The van der Waals surface area contributed by atoms with E-state index in [4.69, 9.17) is 0 Å². The fourth-order valence-electron chi connectivity index (χ4n) is 1.98. The highest BCUT2D eigenvalue weighted by Gasteiger charge is 2.17. The van der Waals surface area contributed by atoms with Crippen molar-refractivity contribution in [1.29, 1.82) is 0 Å². The molecule has 6 heteroatoms. The van der Waals surface area contributed by atoms with Crippen LogP contribution in [0.1, 0.15) is 37.3 Å². The maximum atomic E-state index is 12.9. The maximum Gasteiger partial charge on any atom is 0.168 e. The quantitative estimate of drug-likeness (QED) is 0.895. The summed E-state index contributed by atoms with van der Waals surface area (Å²) >= 11 is 0. The number of tetrazole rings is 1. The first kappa shape index (κ1) is 13.6. The van der Waals surface area contributed by atoms with Crippen LogP contribution in [0.3, 0.4) is 0 Å². The van der Waals surface area contributed by atoms with Gasteiger partial charge < -0.3 is 5.32 Å². The van der Waals surface area contributed by atoms with Crippen LogP contribution in [0.15, 0.2) is 24.3 Å². The van der Waals surface area contributed by atoms with E-state index in [1.807, 2.05) is 25.6 Å². The van der Waals surface area contributed by atoms with Gasteiger partial charge in [-0.1, -0.05) is 12.1 Å². The van der Waals surface area contributed by atoms with Crippen molar-refractivity contribution < 1.29 is 4.39 Å². The van der Waals surface area contributed by atoms with E-state index in [-0.39, 0.29) is 17.9 Å². The van der Waals surface area contributed by atoms with Crippen molar-refractivity contribution in [2.45, 2.75) is 32.4 Å². The Kier molecular flexibility index (Phi) is 4.21. The lowest BCUT2D eigenvalue weighted by atomic mass is 10.1. The van der Waals surface area contributed by atoms with Gasteiger partial charge in [0.2, 0.25) is 0 Å². The van der Waals surface area contributed by atoms with Crippen LogP contribution in [0.5, 0.6) is 0 Å². The molecule has 2 aromatic rings. The molecule has 1 aromatic heterocycles. The summed E-state index contributed by atoms with van der Waals surface area (Å²) in [6.45, 7) is 4.05. The maximum absolute atomic E-state index is 12.9. The van der Waals surface area contributed by atoms with Crippen LogP contribution in [0.2, 0.25) is 0 Å². The molecule has 0 aliphatic heterocycles. The van der Waals surface area contributed by atoms with Crippen LogP contribution in [0.4, 0.5) is 4.39 Å². The van der Waals surface area contributed by atoms with Crippen LogP contribution in [0, 0.1) is 5.82 Å². The molecule has 1 heterocycles. The van der Waals surface area contributed by atoms with Crippen LogP contribution in [-0.2, 0) is 6.42 Å². The van der Waals surface area contributed by atoms with Crippen molar-refractivity contribution in [3.05, 3.63) is 41.5 Å². The molecule has 0 amide bonds. The average Bonchev–Trinajstić information content (AvgIpc) is 2.90. The first-order chi connectivity index (χ1) is 9.11. The van der Waals surface area contributed by atoms with Gasteiger partial charge in [0, 0.05) is 0 Å². The first-order valence-corrected chi connectivity index (χ1v) is 6.31. The lowest BCUT2D eigenvalue weighted by molar-refractivity contribution is 0.434. The molecule has 19 heavy (non-hydrogen) atoms. The number of hydrogen-bond acceptors (Lipinski definition) is 4. The molecule has 0 aliphatic rings. The number of hydrogen-bond donors (Lipinski definition) is 1. The highest BCUT2D eigenvalue weighted by atomic mass is 19.1. The van der Waals surface area contributed by atoms with Crippen molar-refractivity contribution in [2.75, 3.05) is 7.05 Å². The molecule has 0 saturated carbocycles. The highest BCUT2D eigenvalue weighted by Crippen LogP contribution is 2.17. The van der Waals surface area contributed by atoms with Crippen molar-refractivity contribution in [3.63, 3.8) is 0 Å². The molecule has 2 unspecified atom stereocenters. The molecule has 1 N–H and O–H groups in total. The van der Waals surface area contributed by atoms with Gasteiger partial charge in [-0.05, 0) is 55.4 Å². The van der Waals surface area contributed by atoms with Gasteiger partial charge in [0.25, 0.3) is 0 Å². The van der Waals surface area contributed by atoms with E-state index >= 15 is 0 Å². The van der Waals surface area contributed by atoms with Gasteiger partial charge in [-0.15, -0.1) is 5.10 Å². The molecule has 2 rings (SSSR count). The summed E-state index contributed by atoms with van der Waals surface area (Å²) in [5.74, 6) is 0.584. The van der Waals surface area contributed by atoms with Crippen molar-refractivity contribution in [2.24, 2.45) is 0 Å². The predicted molar refractivity (Wildman–Crippen MR) is 70.1 cm³/mol. The Morgan fingerprint density at radius 2 is 1.95 bits per heavy atom. The molecule has 0 saturated heterocycles. The third-order valence-electron chi connectivity index (χ3n) is 3.20. The molecule has 1 aromatic carbocycles. The van der Waals surface area contributed by atoms with E-state index in [9.17, 15) is 4.39 Å². The molecule has 102 valence electrons. The van der Waals surface area contributed by atoms with Gasteiger partial charge in [0.05, 0.1) is 12.1 Å². The summed E-state index contributed by atoms with van der Waals surface area (Å²) in [6.07, 6.45) is 0.759. The zero-order valence-corrected chi connectivity index (χ0v) is 11.3. The Morgan fingerprint density at radius 3 is 2.58 bits per heavy atom. The number of halogens is 1. The van der Waals surface area contributed by atoms with Crippen molar-refractivity contribution in [1.82, 2.24) is 25.5 Å². The van der Waals surface area contributed by atoms with E-state index in [1.54, 1.807) is 12.1 Å². The summed E-state index contributed by atoms with van der Waals surface area (Å²) in [5, 5.41) is 14.9. The summed E-state index contributed by atoms with van der Waals surface area (Å²) in [5.41, 5.74) is 1.06. The third-order valence-corrected chi connectivity index (χ3v) is 3.20. The summed E-state index contributed by atoms with van der Waals surface area (Å²) in [6, 6.07) is 6.73. The summed E-state index contributed by atoms with van der Waals surface area (Å²) < 4.78 is 14.7. The lowest BCUT2D eigenvalue weighted by Gasteiger charge is -2.16. The van der Waals surface area contributed by atoms with Gasteiger partial charge in [-0.3, -0.25) is 0 Å². The first-order valence-electron chi connectivity index (χ1n) is 6.31. The van der Waals surface area contributed by atoms with Crippen molar-refractivity contribution >= 4 is 0 Å².